The molecule has 3 N–H and O–H groups in total. The molecule has 0 aromatic heterocycles. The van der Waals surface area contributed by atoms with Crippen molar-refractivity contribution in [3.05, 3.63) is 29.6 Å². The van der Waals surface area contributed by atoms with Crippen LogP contribution in [0.25, 0.3) is 0 Å². The summed E-state index contributed by atoms with van der Waals surface area (Å²) in [4.78, 5) is -0.132. The zero-order valence-electron chi connectivity index (χ0n) is 9.39. The molecule has 0 saturated heterocycles. The minimum absolute atomic E-state index is 0. The number of nitrogens with zero attached hydrogens (tertiary/aromatic N) is 1. The van der Waals surface area contributed by atoms with Gasteiger partial charge < -0.3 is 5.73 Å². The van der Waals surface area contributed by atoms with Crippen molar-refractivity contribution in [3.63, 3.8) is 0 Å². The maximum Gasteiger partial charge on any atom is 0.240 e. The molecule has 0 aliphatic rings. The van der Waals surface area contributed by atoms with Crippen LogP contribution in [0.5, 0.6) is 0 Å². The van der Waals surface area contributed by atoms with Crippen molar-refractivity contribution < 1.29 is 12.8 Å². The molecule has 1 aromatic carbocycles. The highest BCUT2D eigenvalue weighted by molar-refractivity contribution is 7.89. The van der Waals surface area contributed by atoms with Gasteiger partial charge in [-0.15, -0.1) is 12.4 Å². The van der Waals surface area contributed by atoms with E-state index in [0.717, 1.165) is 18.2 Å². The molecule has 0 amide bonds. The number of halogens is 2. The van der Waals surface area contributed by atoms with Gasteiger partial charge in [0.2, 0.25) is 10.0 Å². The van der Waals surface area contributed by atoms with Gasteiger partial charge in [0.1, 0.15) is 11.9 Å². The van der Waals surface area contributed by atoms with Crippen LogP contribution in [0.3, 0.4) is 0 Å². The van der Waals surface area contributed by atoms with E-state index in [1.165, 1.54) is 0 Å². The Kier molecular flexibility index (Phi) is 6.80. The molecular weight excluding hydrogens is 281 g/mol. The van der Waals surface area contributed by atoms with E-state index in [4.69, 9.17) is 11.0 Å². The van der Waals surface area contributed by atoms with Crippen LogP contribution in [0.15, 0.2) is 23.1 Å². The van der Waals surface area contributed by atoms with Gasteiger partial charge in [0, 0.05) is 6.54 Å². The SMILES string of the molecule is Cl.N#Cc1cc(S(=O)(=O)NCCCN)ccc1F. The predicted octanol–water partition coefficient (Wildman–Crippen LogP) is 0.746. The number of benzene rings is 1. The second kappa shape index (κ2) is 7.28. The quantitative estimate of drug-likeness (QED) is 0.783. The molecule has 0 bridgehead atoms. The molecule has 0 radical (unpaired) electrons. The summed E-state index contributed by atoms with van der Waals surface area (Å²) in [6.07, 6.45) is 0.505. The van der Waals surface area contributed by atoms with Gasteiger partial charge in [0.25, 0.3) is 0 Å². The van der Waals surface area contributed by atoms with E-state index < -0.39 is 15.8 Å². The second-order valence-electron chi connectivity index (χ2n) is 3.29. The first kappa shape index (κ1) is 16.8. The molecule has 0 atom stereocenters. The highest BCUT2D eigenvalue weighted by Gasteiger charge is 2.15. The molecule has 0 heterocycles. The third-order valence-electron chi connectivity index (χ3n) is 2.04. The zero-order valence-corrected chi connectivity index (χ0v) is 11.0. The topological polar surface area (TPSA) is 96.0 Å². The fraction of sp³-hybridized carbons (Fsp3) is 0.300. The summed E-state index contributed by atoms with van der Waals surface area (Å²) >= 11 is 0. The monoisotopic (exact) mass is 293 g/mol. The van der Waals surface area contributed by atoms with Gasteiger partial charge in [-0.1, -0.05) is 0 Å². The van der Waals surface area contributed by atoms with Crippen LogP contribution in [0.1, 0.15) is 12.0 Å². The van der Waals surface area contributed by atoms with E-state index in [-0.39, 0.29) is 29.4 Å². The molecule has 0 spiro atoms. The molecular formula is C10H13ClFN3O2S. The van der Waals surface area contributed by atoms with Crippen LogP contribution in [0, 0.1) is 17.1 Å². The van der Waals surface area contributed by atoms with E-state index in [9.17, 15) is 12.8 Å². The maximum atomic E-state index is 13.0. The highest BCUT2D eigenvalue weighted by atomic mass is 35.5. The van der Waals surface area contributed by atoms with Crippen molar-refractivity contribution in [3.8, 4) is 6.07 Å². The van der Waals surface area contributed by atoms with Crippen molar-refractivity contribution in [2.24, 2.45) is 5.73 Å². The van der Waals surface area contributed by atoms with Gasteiger partial charge in [-0.25, -0.2) is 17.5 Å². The van der Waals surface area contributed by atoms with Gasteiger partial charge >= 0.3 is 0 Å². The van der Waals surface area contributed by atoms with E-state index in [0.29, 0.717) is 13.0 Å². The standard InChI is InChI=1S/C10H12FN3O2S.ClH/c11-10-3-2-9(6-8(10)7-13)17(15,16)14-5-1-4-12;/h2-3,6,14H,1,4-5,12H2;1H. The fourth-order valence-corrected chi connectivity index (χ4v) is 2.25. The van der Waals surface area contributed by atoms with E-state index in [1.807, 2.05) is 0 Å². The fourth-order valence-electron chi connectivity index (χ4n) is 1.15. The van der Waals surface area contributed by atoms with Gasteiger partial charge in [-0.3, -0.25) is 0 Å². The van der Waals surface area contributed by atoms with E-state index >= 15 is 0 Å². The molecule has 5 nitrogen and oxygen atoms in total. The normalized spacial score (nSPS) is 10.5. The van der Waals surface area contributed by atoms with Crippen LogP contribution in [0.2, 0.25) is 0 Å². The summed E-state index contributed by atoms with van der Waals surface area (Å²) < 4.78 is 38.7. The second-order valence-corrected chi connectivity index (χ2v) is 5.06. The first-order chi connectivity index (χ1) is 8.01. The molecule has 0 unspecified atom stereocenters. The Labute approximate surface area is 111 Å². The number of nitrogens with one attached hydrogen (secondary N) is 1. The lowest BCUT2D eigenvalue weighted by molar-refractivity contribution is 0.578. The molecule has 0 aliphatic heterocycles. The summed E-state index contributed by atoms with van der Waals surface area (Å²) in [6, 6.07) is 4.65. The Bertz CT molecular complexity index is 543. The third kappa shape index (κ3) is 4.23. The Hall–Kier alpha value is -1.20. The summed E-state index contributed by atoms with van der Waals surface area (Å²) in [6.45, 7) is 0.577. The Morgan fingerprint density at radius 2 is 2.11 bits per heavy atom. The Morgan fingerprint density at radius 1 is 1.44 bits per heavy atom. The predicted molar refractivity (Wildman–Crippen MR) is 67.2 cm³/mol. The van der Waals surface area contributed by atoms with Crippen molar-refractivity contribution in [2.75, 3.05) is 13.1 Å². The highest BCUT2D eigenvalue weighted by Crippen LogP contribution is 2.14. The van der Waals surface area contributed by atoms with Crippen LogP contribution in [-0.2, 0) is 10.0 Å². The lowest BCUT2D eigenvalue weighted by atomic mass is 10.2. The van der Waals surface area contributed by atoms with Crippen molar-refractivity contribution in [1.29, 1.82) is 5.26 Å². The first-order valence-electron chi connectivity index (χ1n) is 4.90. The summed E-state index contributed by atoms with van der Waals surface area (Å²) in [5.41, 5.74) is 4.94. The lowest BCUT2D eigenvalue weighted by Gasteiger charge is -2.06. The van der Waals surface area contributed by atoms with Crippen molar-refractivity contribution in [1.82, 2.24) is 4.72 Å². The number of hydrogen-bond acceptors (Lipinski definition) is 4. The molecule has 0 fully saturated rings. The van der Waals surface area contributed by atoms with E-state index in [2.05, 4.69) is 4.72 Å². The maximum absolute atomic E-state index is 13.0. The molecule has 0 saturated carbocycles. The number of hydrogen-bond donors (Lipinski definition) is 2. The van der Waals surface area contributed by atoms with Crippen LogP contribution >= 0.6 is 12.4 Å². The summed E-state index contributed by atoms with van der Waals surface area (Å²) in [5, 5.41) is 8.60. The molecule has 1 aromatic rings. The number of nitriles is 1. The first-order valence-corrected chi connectivity index (χ1v) is 6.39. The van der Waals surface area contributed by atoms with Crippen molar-refractivity contribution in [2.45, 2.75) is 11.3 Å². The van der Waals surface area contributed by atoms with Crippen molar-refractivity contribution >= 4 is 22.4 Å². The van der Waals surface area contributed by atoms with Crippen LogP contribution < -0.4 is 10.5 Å². The Morgan fingerprint density at radius 3 is 2.67 bits per heavy atom. The largest absolute Gasteiger partial charge is 0.330 e. The lowest BCUT2D eigenvalue weighted by Crippen LogP contribution is -2.26. The molecule has 100 valence electrons. The minimum Gasteiger partial charge on any atom is -0.330 e. The number of nitrogens with two attached hydrogens (primary N) is 1. The number of sulfonamides is 1. The van der Waals surface area contributed by atoms with Crippen LogP contribution in [0.4, 0.5) is 4.39 Å². The average molecular weight is 294 g/mol. The average Bonchev–Trinajstić information content (AvgIpc) is 2.29. The Balaban J connectivity index is 0.00000289. The molecule has 18 heavy (non-hydrogen) atoms. The van der Waals surface area contributed by atoms with Gasteiger partial charge in [-0.2, -0.15) is 5.26 Å². The molecule has 0 aliphatic carbocycles. The molecule has 8 heteroatoms. The van der Waals surface area contributed by atoms with Gasteiger partial charge in [-0.05, 0) is 31.2 Å². The zero-order chi connectivity index (χ0) is 12.9. The third-order valence-corrected chi connectivity index (χ3v) is 3.50. The minimum atomic E-state index is -3.71. The number of rotatable bonds is 5. The van der Waals surface area contributed by atoms with Gasteiger partial charge in [0.15, 0.2) is 0 Å². The smallest absolute Gasteiger partial charge is 0.240 e. The van der Waals surface area contributed by atoms with Gasteiger partial charge in [0.05, 0.1) is 10.5 Å². The van der Waals surface area contributed by atoms with Crippen LogP contribution in [-0.4, -0.2) is 21.5 Å². The molecule has 1 rings (SSSR count). The summed E-state index contributed by atoms with van der Waals surface area (Å²) in [5.74, 6) is -0.742. The van der Waals surface area contributed by atoms with E-state index in [1.54, 1.807) is 6.07 Å². The summed E-state index contributed by atoms with van der Waals surface area (Å²) in [7, 11) is -3.71.